The van der Waals surface area contributed by atoms with Crippen molar-refractivity contribution in [3.05, 3.63) is 47.5 Å². The van der Waals surface area contributed by atoms with Crippen molar-refractivity contribution in [2.45, 2.75) is 17.7 Å². The summed E-state index contributed by atoms with van der Waals surface area (Å²) in [6.45, 7) is 0.484. The second kappa shape index (κ2) is 9.24. The van der Waals surface area contributed by atoms with E-state index in [-0.39, 0.29) is 22.4 Å². The van der Waals surface area contributed by atoms with Gasteiger partial charge in [-0.3, -0.25) is 4.79 Å². The summed E-state index contributed by atoms with van der Waals surface area (Å²) >= 11 is 6.11. The van der Waals surface area contributed by atoms with E-state index in [9.17, 15) is 13.2 Å². The van der Waals surface area contributed by atoms with Crippen LogP contribution >= 0.6 is 11.6 Å². The van der Waals surface area contributed by atoms with Crippen molar-refractivity contribution in [3.63, 3.8) is 0 Å². The summed E-state index contributed by atoms with van der Waals surface area (Å²) in [5.74, 6) is 0.493. The number of carbonyl (C=O) groups is 1. The van der Waals surface area contributed by atoms with E-state index >= 15 is 0 Å². The number of amides is 1. The van der Waals surface area contributed by atoms with Gasteiger partial charge in [0, 0.05) is 31.9 Å². The van der Waals surface area contributed by atoms with Crippen LogP contribution in [-0.4, -0.2) is 53.0 Å². The third-order valence-corrected chi connectivity index (χ3v) is 7.42. The summed E-state index contributed by atoms with van der Waals surface area (Å²) in [4.78, 5) is 14.7. The van der Waals surface area contributed by atoms with Crippen LogP contribution in [0.25, 0.3) is 0 Å². The molecular weight excluding hydrogens is 428 g/mol. The van der Waals surface area contributed by atoms with Gasteiger partial charge in [-0.25, -0.2) is 8.42 Å². The Morgan fingerprint density at radius 2 is 1.93 bits per heavy atom. The minimum absolute atomic E-state index is 0.0857. The summed E-state index contributed by atoms with van der Waals surface area (Å²) < 4.78 is 37.9. The molecule has 30 heavy (non-hydrogen) atoms. The van der Waals surface area contributed by atoms with Crippen LogP contribution in [-0.2, 0) is 14.8 Å². The number of hydrogen-bond donors (Lipinski definition) is 0. The normalized spacial score (nSPS) is 17.4. The second-order valence-corrected chi connectivity index (χ2v) is 9.44. The lowest BCUT2D eigenvalue weighted by Gasteiger charge is -2.33. The number of halogens is 1. The molecule has 2 aromatic rings. The topological polar surface area (TPSA) is 76.2 Å². The number of sulfonamides is 1. The Bertz CT molecular complexity index is 1030. The quantitative estimate of drug-likeness (QED) is 0.671. The van der Waals surface area contributed by atoms with E-state index in [4.69, 9.17) is 21.1 Å². The molecule has 0 aromatic heterocycles. The first kappa shape index (κ1) is 22.4. The third-order valence-electron chi connectivity index (χ3n) is 5.27. The van der Waals surface area contributed by atoms with Crippen LogP contribution in [0.2, 0.25) is 5.02 Å². The fraction of sp³-hybridized carbons (Fsp3) is 0.381. The lowest BCUT2D eigenvalue weighted by Crippen LogP contribution is -2.45. The van der Waals surface area contributed by atoms with E-state index in [1.54, 1.807) is 31.2 Å². The van der Waals surface area contributed by atoms with E-state index in [1.807, 2.05) is 12.1 Å². The first-order valence-electron chi connectivity index (χ1n) is 9.53. The lowest BCUT2D eigenvalue weighted by atomic mass is 9.98. The Kier molecular flexibility index (Phi) is 6.90. The van der Waals surface area contributed by atoms with E-state index in [0.717, 1.165) is 0 Å². The highest BCUT2D eigenvalue weighted by Crippen LogP contribution is 2.31. The van der Waals surface area contributed by atoms with Gasteiger partial charge in [0.1, 0.15) is 11.5 Å². The molecule has 0 aliphatic carbocycles. The first-order chi connectivity index (χ1) is 14.3. The molecule has 7 nitrogen and oxygen atoms in total. The number of ether oxygens (including phenoxy) is 2. The van der Waals surface area contributed by atoms with Crippen molar-refractivity contribution < 1.29 is 22.7 Å². The summed E-state index contributed by atoms with van der Waals surface area (Å²) in [5.41, 5.74) is 0.696. The molecule has 0 spiro atoms. The highest BCUT2D eigenvalue weighted by atomic mass is 35.5. The molecule has 2 aromatic carbocycles. The van der Waals surface area contributed by atoms with Crippen molar-refractivity contribution in [2.24, 2.45) is 5.92 Å². The summed E-state index contributed by atoms with van der Waals surface area (Å²) in [7, 11) is 0.947. The molecule has 162 valence electrons. The van der Waals surface area contributed by atoms with Crippen molar-refractivity contribution in [3.8, 4) is 11.5 Å². The number of methoxy groups -OCH3 is 2. The highest BCUT2D eigenvalue weighted by molar-refractivity contribution is 7.89. The Labute approximate surface area is 182 Å². The molecule has 9 heteroatoms. The average molecular weight is 453 g/mol. The average Bonchev–Trinajstić information content (AvgIpc) is 2.78. The maximum atomic E-state index is 13.1. The molecule has 1 aliphatic rings. The number of nitrogens with zero attached hydrogens (tertiary/aromatic N) is 2. The molecular formula is C21H25ClN2O5S. The van der Waals surface area contributed by atoms with Gasteiger partial charge in [0.15, 0.2) is 0 Å². The molecule has 0 saturated carbocycles. The predicted octanol–water partition coefficient (Wildman–Crippen LogP) is 3.42. The third kappa shape index (κ3) is 4.55. The van der Waals surface area contributed by atoms with Gasteiger partial charge in [0.05, 0.1) is 30.1 Å². The van der Waals surface area contributed by atoms with Crippen LogP contribution < -0.4 is 14.4 Å². The monoisotopic (exact) mass is 452 g/mol. The number of rotatable bonds is 6. The zero-order valence-electron chi connectivity index (χ0n) is 17.2. The zero-order valence-corrected chi connectivity index (χ0v) is 18.7. The number of piperidine rings is 1. The second-order valence-electron chi connectivity index (χ2n) is 7.10. The molecule has 0 unspecified atom stereocenters. The molecule has 0 N–H and O–H groups in total. The van der Waals surface area contributed by atoms with Crippen molar-refractivity contribution in [2.75, 3.05) is 39.3 Å². The number of carbonyl (C=O) groups excluding carboxylic acids is 1. The summed E-state index contributed by atoms with van der Waals surface area (Å²) in [6, 6.07) is 11.6. The molecule has 1 atom stereocenters. The van der Waals surface area contributed by atoms with Gasteiger partial charge in [-0.1, -0.05) is 17.7 Å². The lowest BCUT2D eigenvalue weighted by molar-refractivity contribution is -0.123. The number of hydrogen-bond acceptors (Lipinski definition) is 5. The Hall–Kier alpha value is -2.29. The van der Waals surface area contributed by atoms with Gasteiger partial charge in [-0.2, -0.15) is 4.31 Å². The van der Waals surface area contributed by atoms with Gasteiger partial charge in [0.25, 0.3) is 0 Å². The molecule has 3 rings (SSSR count). The molecule has 1 heterocycles. The molecule has 1 saturated heterocycles. The first-order valence-corrected chi connectivity index (χ1v) is 11.3. The minimum Gasteiger partial charge on any atom is -0.497 e. The molecule has 1 amide bonds. The van der Waals surface area contributed by atoms with E-state index < -0.39 is 15.9 Å². The van der Waals surface area contributed by atoms with E-state index in [0.29, 0.717) is 36.6 Å². The Morgan fingerprint density at radius 3 is 2.60 bits per heavy atom. The molecule has 0 bridgehead atoms. The van der Waals surface area contributed by atoms with Crippen LogP contribution in [0, 0.1) is 5.92 Å². The van der Waals surface area contributed by atoms with E-state index in [1.165, 1.54) is 29.6 Å². The zero-order chi connectivity index (χ0) is 21.9. The van der Waals surface area contributed by atoms with Crippen molar-refractivity contribution in [1.29, 1.82) is 0 Å². The summed E-state index contributed by atoms with van der Waals surface area (Å²) in [5, 5.41) is 0.223. The number of benzene rings is 2. The Morgan fingerprint density at radius 1 is 1.17 bits per heavy atom. The smallest absolute Gasteiger partial charge is 0.243 e. The minimum atomic E-state index is -3.77. The number of anilines is 1. The highest BCUT2D eigenvalue weighted by Gasteiger charge is 2.35. The van der Waals surface area contributed by atoms with Gasteiger partial charge in [-0.15, -0.1) is 0 Å². The standard InChI is InChI=1S/C21H25ClN2O5S/c1-23(16-7-4-8-17(12-16)28-2)21(25)15-6-5-11-24(14-15)30(26,27)18-9-10-20(29-3)19(22)13-18/h4,7-10,12-13,15H,5-6,11,14H2,1-3H3/t15-/m1/s1. The van der Waals surface area contributed by atoms with E-state index in [2.05, 4.69) is 0 Å². The van der Waals surface area contributed by atoms with Crippen LogP contribution in [0.1, 0.15) is 12.8 Å². The summed E-state index contributed by atoms with van der Waals surface area (Å²) in [6.07, 6.45) is 1.23. The molecule has 0 radical (unpaired) electrons. The molecule has 1 fully saturated rings. The van der Waals surface area contributed by atoms with Crippen LogP contribution in [0.5, 0.6) is 11.5 Å². The van der Waals surface area contributed by atoms with Crippen molar-refractivity contribution >= 4 is 33.2 Å². The SMILES string of the molecule is COc1cccc(N(C)C(=O)[C@@H]2CCCN(S(=O)(=O)c3ccc(OC)c(Cl)c3)C2)c1. The maximum Gasteiger partial charge on any atom is 0.243 e. The predicted molar refractivity (Wildman–Crippen MR) is 116 cm³/mol. The van der Waals surface area contributed by atoms with Crippen LogP contribution in [0.15, 0.2) is 47.4 Å². The largest absolute Gasteiger partial charge is 0.497 e. The molecule has 1 aliphatic heterocycles. The van der Waals surface area contributed by atoms with Crippen molar-refractivity contribution in [1.82, 2.24) is 4.31 Å². The maximum absolute atomic E-state index is 13.1. The van der Waals surface area contributed by atoms with Crippen LogP contribution in [0.3, 0.4) is 0 Å². The fourth-order valence-electron chi connectivity index (χ4n) is 3.54. The van der Waals surface area contributed by atoms with Gasteiger partial charge >= 0.3 is 0 Å². The van der Waals surface area contributed by atoms with Gasteiger partial charge < -0.3 is 14.4 Å². The van der Waals surface area contributed by atoms with Gasteiger partial charge in [0.2, 0.25) is 15.9 Å². The fourth-order valence-corrected chi connectivity index (χ4v) is 5.41. The van der Waals surface area contributed by atoms with Gasteiger partial charge in [-0.05, 0) is 43.2 Å². The van der Waals surface area contributed by atoms with Crippen LogP contribution in [0.4, 0.5) is 5.69 Å². The Balaban J connectivity index is 1.78.